The average molecular weight is 359 g/mol. The molecule has 0 saturated carbocycles. The topological polar surface area (TPSA) is 87.7 Å². The molecular formula is C15H22FN3O4S. The van der Waals surface area contributed by atoms with E-state index >= 15 is 0 Å². The second-order valence-corrected chi connectivity index (χ2v) is 7.62. The number of piperidine rings is 1. The highest BCUT2D eigenvalue weighted by atomic mass is 32.2. The number of urea groups is 1. The van der Waals surface area contributed by atoms with Gasteiger partial charge in [-0.1, -0.05) is 0 Å². The van der Waals surface area contributed by atoms with Crippen molar-refractivity contribution in [3.05, 3.63) is 30.1 Å². The molecule has 1 aromatic carbocycles. The van der Waals surface area contributed by atoms with Crippen LogP contribution in [-0.2, 0) is 10.0 Å². The van der Waals surface area contributed by atoms with Crippen molar-refractivity contribution < 1.29 is 22.3 Å². The number of hydrogen-bond acceptors (Lipinski definition) is 4. The molecular weight excluding hydrogens is 337 g/mol. The van der Waals surface area contributed by atoms with Crippen LogP contribution in [0.3, 0.4) is 0 Å². The Morgan fingerprint density at radius 1 is 1.29 bits per heavy atom. The maximum absolute atomic E-state index is 12.7. The van der Waals surface area contributed by atoms with E-state index in [4.69, 9.17) is 4.74 Å². The van der Waals surface area contributed by atoms with Crippen LogP contribution in [0.1, 0.15) is 12.8 Å². The van der Waals surface area contributed by atoms with E-state index in [0.717, 1.165) is 0 Å². The Labute approximate surface area is 141 Å². The molecule has 0 spiro atoms. The molecule has 7 nitrogen and oxygen atoms in total. The van der Waals surface area contributed by atoms with Crippen molar-refractivity contribution >= 4 is 16.1 Å². The molecule has 1 aliphatic heterocycles. The molecule has 9 heteroatoms. The Balaban J connectivity index is 1.61. The number of carbonyl (C=O) groups is 1. The summed E-state index contributed by atoms with van der Waals surface area (Å²) in [7, 11) is -3.16. The van der Waals surface area contributed by atoms with E-state index in [2.05, 4.69) is 10.6 Å². The molecule has 0 bridgehead atoms. The molecule has 0 aromatic heterocycles. The first-order valence-electron chi connectivity index (χ1n) is 7.72. The van der Waals surface area contributed by atoms with Gasteiger partial charge in [-0.3, -0.25) is 0 Å². The zero-order valence-electron chi connectivity index (χ0n) is 13.5. The van der Waals surface area contributed by atoms with E-state index in [1.54, 1.807) is 0 Å². The molecule has 0 atom stereocenters. The van der Waals surface area contributed by atoms with Crippen LogP contribution in [0.15, 0.2) is 24.3 Å². The first-order valence-corrected chi connectivity index (χ1v) is 9.57. The molecule has 0 unspecified atom stereocenters. The lowest BCUT2D eigenvalue weighted by Gasteiger charge is -2.30. The van der Waals surface area contributed by atoms with Crippen LogP contribution >= 0.6 is 0 Å². The smallest absolute Gasteiger partial charge is 0.315 e. The van der Waals surface area contributed by atoms with Gasteiger partial charge in [0.2, 0.25) is 10.0 Å². The van der Waals surface area contributed by atoms with Crippen molar-refractivity contribution in [2.45, 2.75) is 18.9 Å². The molecule has 2 amide bonds. The predicted molar refractivity (Wildman–Crippen MR) is 87.9 cm³/mol. The van der Waals surface area contributed by atoms with Crippen LogP contribution in [0.25, 0.3) is 0 Å². The fourth-order valence-electron chi connectivity index (χ4n) is 2.43. The molecule has 2 N–H and O–H groups in total. The Morgan fingerprint density at radius 3 is 2.50 bits per heavy atom. The molecule has 0 aliphatic carbocycles. The summed E-state index contributed by atoms with van der Waals surface area (Å²) in [6, 6.07) is 5.30. The van der Waals surface area contributed by atoms with Gasteiger partial charge in [-0.05, 0) is 37.1 Å². The number of hydrogen-bond donors (Lipinski definition) is 2. The fraction of sp³-hybridized carbons (Fsp3) is 0.533. The monoisotopic (exact) mass is 359 g/mol. The Hall–Kier alpha value is -1.87. The second-order valence-electron chi connectivity index (χ2n) is 5.64. The highest BCUT2D eigenvalue weighted by Crippen LogP contribution is 2.13. The molecule has 1 heterocycles. The van der Waals surface area contributed by atoms with E-state index in [-0.39, 0.29) is 24.5 Å². The lowest BCUT2D eigenvalue weighted by Crippen LogP contribution is -2.49. The van der Waals surface area contributed by atoms with Crippen molar-refractivity contribution in [2.24, 2.45) is 0 Å². The summed E-state index contributed by atoms with van der Waals surface area (Å²) in [6.45, 7) is 1.41. The molecule has 2 rings (SSSR count). The van der Waals surface area contributed by atoms with E-state index in [1.165, 1.54) is 34.8 Å². The minimum Gasteiger partial charge on any atom is -0.492 e. The second kappa shape index (κ2) is 8.29. The third kappa shape index (κ3) is 5.97. The van der Waals surface area contributed by atoms with Gasteiger partial charge in [-0.15, -0.1) is 0 Å². The van der Waals surface area contributed by atoms with Crippen LogP contribution in [0, 0.1) is 5.82 Å². The van der Waals surface area contributed by atoms with Crippen molar-refractivity contribution in [1.29, 1.82) is 0 Å². The summed E-state index contributed by atoms with van der Waals surface area (Å²) in [5.74, 6) is 0.202. The number of carbonyl (C=O) groups excluding carboxylic acids is 1. The third-order valence-corrected chi connectivity index (χ3v) is 5.03. The van der Waals surface area contributed by atoms with Crippen LogP contribution in [0.4, 0.5) is 9.18 Å². The van der Waals surface area contributed by atoms with Gasteiger partial charge in [-0.25, -0.2) is 21.9 Å². The summed E-state index contributed by atoms with van der Waals surface area (Å²) < 4.78 is 42.4. The number of nitrogens with zero attached hydrogens (tertiary/aromatic N) is 1. The predicted octanol–water partition coefficient (Wildman–Crippen LogP) is 0.928. The standard InChI is InChI=1S/C15H22FN3O4S/c1-24(21,22)19-9-6-13(7-10-19)18-15(20)17-8-11-23-14-4-2-12(16)3-5-14/h2-5,13H,6-11H2,1H3,(H2,17,18,20). The molecule has 1 aliphatic rings. The maximum atomic E-state index is 12.7. The van der Waals surface area contributed by atoms with Gasteiger partial charge >= 0.3 is 6.03 Å². The maximum Gasteiger partial charge on any atom is 0.315 e. The SMILES string of the molecule is CS(=O)(=O)N1CCC(NC(=O)NCCOc2ccc(F)cc2)CC1. The number of rotatable bonds is 6. The summed E-state index contributed by atoms with van der Waals surface area (Å²) in [5.41, 5.74) is 0. The lowest BCUT2D eigenvalue weighted by molar-refractivity contribution is 0.224. The van der Waals surface area contributed by atoms with Crippen molar-refractivity contribution in [2.75, 3.05) is 32.5 Å². The van der Waals surface area contributed by atoms with E-state index < -0.39 is 10.0 Å². The quantitative estimate of drug-likeness (QED) is 0.740. The summed E-state index contributed by atoms with van der Waals surface area (Å²) in [6.07, 6.45) is 2.37. The first kappa shape index (κ1) is 18.5. The fourth-order valence-corrected chi connectivity index (χ4v) is 3.31. The number of benzene rings is 1. The van der Waals surface area contributed by atoms with E-state index in [1.807, 2.05) is 0 Å². The minimum absolute atomic E-state index is 0.0407. The van der Waals surface area contributed by atoms with Crippen molar-refractivity contribution in [3.63, 3.8) is 0 Å². The van der Waals surface area contributed by atoms with Gasteiger partial charge < -0.3 is 15.4 Å². The van der Waals surface area contributed by atoms with Crippen LogP contribution in [0.2, 0.25) is 0 Å². The van der Waals surface area contributed by atoms with Crippen molar-refractivity contribution in [1.82, 2.24) is 14.9 Å². The summed E-state index contributed by atoms with van der Waals surface area (Å²) in [5, 5.41) is 5.49. The average Bonchev–Trinajstić information content (AvgIpc) is 2.53. The molecule has 1 aromatic rings. The van der Waals surface area contributed by atoms with Gasteiger partial charge in [0.25, 0.3) is 0 Å². The summed E-state index contributed by atoms with van der Waals surface area (Å²) in [4.78, 5) is 11.8. The molecule has 1 fully saturated rings. The number of amides is 2. The molecule has 134 valence electrons. The number of sulfonamides is 1. The summed E-state index contributed by atoms with van der Waals surface area (Å²) >= 11 is 0. The number of nitrogens with one attached hydrogen (secondary N) is 2. The zero-order chi connectivity index (χ0) is 17.6. The Morgan fingerprint density at radius 2 is 1.92 bits per heavy atom. The molecule has 24 heavy (non-hydrogen) atoms. The van der Waals surface area contributed by atoms with Crippen LogP contribution < -0.4 is 15.4 Å². The number of halogens is 1. The normalized spacial score (nSPS) is 16.6. The largest absolute Gasteiger partial charge is 0.492 e. The minimum atomic E-state index is -3.16. The van der Waals surface area contributed by atoms with E-state index in [0.29, 0.717) is 38.2 Å². The van der Waals surface area contributed by atoms with Crippen LogP contribution in [0.5, 0.6) is 5.75 Å². The van der Waals surface area contributed by atoms with Crippen LogP contribution in [-0.4, -0.2) is 57.3 Å². The lowest BCUT2D eigenvalue weighted by atomic mass is 10.1. The highest BCUT2D eigenvalue weighted by Gasteiger charge is 2.25. The van der Waals surface area contributed by atoms with Gasteiger partial charge in [0.1, 0.15) is 18.2 Å². The molecule has 1 saturated heterocycles. The zero-order valence-corrected chi connectivity index (χ0v) is 14.3. The van der Waals surface area contributed by atoms with E-state index in [9.17, 15) is 17.6 Å². The van der Waals surface area contributed by atoms with Gasteiger partial charge in [-0.2, -0.15) is 0 Å². The Kier molecular flexibility index (Phi) is 6.38. The third-order valence-electron chi connectivity index (χ3n) is 3.73. The molecule has 0 radical (unpaired) electrons. The highest BCUT2D eigenvalue weighted by molar-refractivity contribution is 7.88. The number of ether oxygens (including phenoxy) is 1. The van der Waals surface area contributed by atoms with Gasteiger partial charge in [0.05, 0.1) is 12.8 Å². The first-order chi connectivity index (χ1) is 11.3. The van der Waals surface area contributed by atoms with Gasteiger partial charge in [0.15, 0.2) is 0 Å². The Bertz CT molecular complexity index is 643. The van der Waals surface area contributed by atoms with Gasteiger partial charge in [0, 0.05) is 19.1 Å². The van der Waals surface area contributed by atoms with Crippen molar-refractivity contribution in [3.8, 4) is 5.75 Å².